The summed E-state index contributed by atoms with van der Waals surface area (Å²) < 4.78 is 0. The van der Waals surface area contributed by atoms with Crippen LogP contribution in [0.2, 0.25) is 5.02 Å². The van der Waals surface area contributed by atoms with Crippen molar-refractivity contribution >= 4 is 40.7 Å². The van der Waals surface area contributed by atoms with E-state index in [4.69, 9.17) is 11.6 Å². The van der Waals surface area contributed by atoms with Crippen molar-refractivity contribution in [2.45, 2.75) is 32.6 Å². The van der Waals surface area contributed by atoms with Crippen molar-refractivity contribution in [2.75, 3.05) is 29.9 Å². The van der Waals surface area contributed by atoms with Crippen LogP contribution in [-0.2, 0) is 9.59 Å². The molecule has 0 bridgehead atoms. The van der Waals surface area contributed by atoms with Crippen LogP contribution in [0.15, 0.2) is 42.5 Å². The average Bonchev–Trinajstić information content (AvgIpc) is 3.19. The Bertz CT molecular complexity index is 1010. The second kappa shape index (κ2) is 9.10. The third-order valence-corrected chi connectivity index (χ3v) is 6.25. The molecule has 2 aromatic carbocycles. The van der Waals surface area contributed by atoms with Crippen molar-refractivity contribution in [3.05, 3.63) is 58.6 Å². The fourth-order valence-electron chi connectivity index (χ4n) is 4.33. The van der Waals surface area contributed by atoms with Gasteiger partial charge in [0.2, 0.25) is 11.8 Å². The minimum atomic E-state index is -0.259. The van der Waals surface area contributed by atoms with Gasteiger partial charge < -0.3 is 15.1 Å². The highest BCUT2D eigenvalue weighted by atomic mass is 35.5. The van der Waals surface area contributed by atoms with Crippen molar-refractivity contribution < 1.29 is 14.4 Å². The summed E-state index contributed by atoms with van der Waals surface area (Å²) in [5, 5.41) is 3.58. The van der Waals surface area contributed by atoms with E-state index in [0.717, 1.165) is 37.1 Å². The Labute approximate surface area is 187 Å². The van der Waals surface area contributed by atoms with Crippen molar-refractivity contribution in [1.82, 2.24) is 4.90 Å². The molecule has 7 heteroatoms. The molecule has 4 rings (SSSR count). The van der Waals surface area contributed by atoms with Gasteiger partial charge in [0.25, 0.3) is 5.91 Å². The highest BCUT2D eigenvalue weighted by molar-refractivity contribution is 6.30. The smallest absolute Gasteiger partial charge is 0.253 e. The molecule has 0 aromatic heterocycles. The quantitative estimate of drug-likeness (QED) is 0.773. The number of hydrogen-bond donors (Lipinski definition) is 1. The number of anilines is 2. The third-order valence-electron chi connectivity index (χ3n) is 6.00. The lowest BCUT2D eigenvalue weighted by atomic mass is 9.96. The first-order chi connectivity index (χ1) is 14.9. The van der Waals surface area contributed by atoms with Gasteiger partial charge in [-0.25, -0.2) is 0 Å². The number of nitrogens with zero attached hydrogens (tertiary/aromatic N) is 2. The molecule has 162 valence electrons. The van der Waals surface area contributed by atoms with Crippen LogP contribution in [0.1, 0.15) is 41.6 Å². The van der Waals surface area contributed by atoms with Crippen molar-refractivity contribution in [1.29, 1.82) is 0 Å². The predicted molar refractivity (Wildman–Crippen MR) is 121 cm³/mol. The number of nitrogens with one attached hydrogen (secondary N) is 1. The minimum absolute atomic E-state index is 0.0790. The summed E-state index contributed by atoms with van der Waals surface area (Å²) in [6, 6.07) is 12.5. The number of carbonyl (C=O) groups is 3. The molecule has 0 unspecified atom stereocenters. The second-order valence-electron chi connectivity index (χ2n) is 8.24. The topological polar surface area (TPSA) is 69.7 Å². The number of halogens is 1. The number of likely N-dealkylation sites (tertiary alicyclic amines) is 1. The van der Waals surface area contributed by atoms with Gasteiger partial charge in [0.15, 0.2) is 0 Å². The zero-order chi connectivity index (χ0) is 22.0. The van der Waals surface area contributed by atoms with Crippen molar-refractivity contribution in [3.63, 3.8) is 0 Å². The molecule has 0 radical (unpaired) electrons. The average molecular weight is 440 g/mol. The maximum atomic E-state index is 12.9. The number of amides is 3. The summed E-state index contributed by atoms with van der Waals surface area (Å²) in [4.78, 5) is 41.2. The van der Waals surface area contributed by atoms with Crippen LogP contribution in [0.25, 0.3) is 0 Å². The number of hydrogen-bond acceptors (Lipinski definition) is 3. The first-order valence-corrected chi connectivity index (χ1v) is 11.1. The molecule has 2 aliphatic rings. The molecular formula is C24H26ClN3O3. The van der Waals surface area contributed by atoms with E-state index in [0.29, 0.717) is 35.8 Å². The first kappa shape index (κ1) is 21.4. The van der Waals surface area contributed by atoms with E-state index in [1.165, 1.54) is 0 Å². The van der Waals surface area contributed by atoms with E-state index in [1.54, 1.807) is 29.2 Å². The number of piperidine rings is 1. The molecule has 1 atom stereocenters. The van der Waals surface area contributed by atoms with Crippen LogP contribution < -0.4 is 10.2 Å². The molecule has 0 spiro atoms. The molecule has 0 saturated carbocycles. The highest BCUT2D eigenvalue weighted by Crippen LogP contribution is 2.28. The number of aryl methyl sites for hydroxylation is 1. The van der Waals surface area contributed by atoms with Crippen LogP contribution in [0.3, 0.4) is 0 Å². The van der Waals surface area contributed by atoms with Gasteiger partial charge in [0.1, 0.15) is 0 Å². The Balaban J connectivity index is 1.40. The summed E-state index contributed by atoms with van der Waals surface area (Å²) in [7, 11) is 0. The van der Waals surface area contributed by atoms with E-state index in [9.17, 15) is 14.4 Å². The number of rotatable bonds is 4. The van der Waals surface area contributed by atoms with E-state index >= 15 is 0 Å². The van der Waals surface area contributed by atoms with E-state index < -0.39 is 0 Å². The van der Waals surface area contributed by atoms with Gasteiger partial charge in [-0.1, -0.05) is 11.6 Å². The molecule has 31 heavy (non-hydrogen) atoms. The summed E-state index contributed by atoms with van der Waals surface area (Å²) in [6.45, 7) is 3.73. The molecule has 2 aliphatic heterocycles. The monoisotopic (exact) mass is 439 g/mol. The molecular weight excluding hydrogens is 414 g/mol. The molecule has 2 aromatic rings. The second-order valence-corrected chi connectivity index (χ2v) is 8.67. The molecule has 3 amide bonds. The lowest BCUT2D eigenvalue weighted by molar-refractivity contribution is -0.121. The standard InChI is InChI=1S/C24H26ClN3O3/c1-16-14-20(10-11-21(16)28-13-3-5-22(28)29)26-23(30)18-4-2-12-27(15-18)24(31)17-6-8-19(25)9-7-17/h6-11,14,18H,2-5,12-13,15H2,1H3,(H,26,30)/t18-/m1/s1. The maximum absolute atomic E-state index is 12.9. The molecule has 6 nitrogen and oxygen atoms in total. The van der Waals surface area contributed by atoms with Crippen LogP contribution in [-0.4, -0.2) is 42.3 Å². The Morgan fingerprint density at radius 1 is 1.06 bits per heavy atom. The van der Waals surface area contributed by atoms with Gasteiger partial charge in [-0.2, -0.15) is 0 Å². The summed E-state index contributed by atoms with van der Waals surface area (Å²) in [5.41, 5.74) is 3.14. The van der Waals surface area contributed by atoms with E-state index in [1.807, 2.05) is 30.0 Å². The van der Waals surface area contributed by atoms with E-state index in [2.05, 4.69) is 5.32 Å². The number of benzene rings is 2. The van der Waals surface area contributed by atoms with Crippen LogP contribution in [0.4, 0.5) is 11.4 Å². The van der Waals surface area contributed by atoms with Gasteiger partial charge in [-0.15, -0.1) is 0 Å². The fraction of sp³-hybridized carbons (Fsp3) is 0.375. The van der Waals surface area contributed by atoms with Crippen LogP contribution in [0, 0.1) is 12.8 Å². The van der Waals surface area contributed by atoms with Gasteiger partial charge in [-0.05, 0) is 74.2 Å². The molecule has 2 saturated heterocycles. The Hall–Kier alpha value is -2.86. The third kappa shape index (κ3) is 4.74. The molecule has 0 aliphatic carbocycles. The maximum Gasteiger partial charge on any atom is 0.253 e. The summed E-state index contributed by atoms with van der Waals surface area (Å²) in [6.07, 6.45) is 3.00. The lowest BCUT2D eigenvalue weighted by Crippen LogP contribution is -2.43. The Kier molecular flexibility index (Phi) is 6.28. The largest absolute Gasteiger partial charge is 0.338 e. The van der Waals surface area contributed by atoms with Gasteiger partial charge >= 0.3 is 0 Å². The van der Waals surface area contributed by atoms with Crippen LogP contribution >= 0.6 is 11.6 Å². The fourth-order valence-corrected chi connectivity index (χ4v) is 4.46. The summed E-state index contributed by atoms with van der Waals surface area (Å²) in [5.74, 6) is -0.277. The Morgan fingerprint density at radius 2 is 1.84 bits per heavy atom. The van der Waals surface area contributed by atoms with E-state index in [-0.39, 0.29) is 23.6 Å². The van der Waals surface area contributed by atoms with Gasteiger partial charge in [0.05, 0.1) is 5.92 Å². The molecule has 1 N–H and O–H groups in total. The molecule has 2 heterocycles. The normalized spacial score (nSPS) is 18.9. The zero-order valence-corrected chi connectivity index (χ0v) is 18.3. The van der Waals surface area contributed by atoms with Gasteiger partial charge in [0, 0.05) is 48.0 Å². The van der Waals surface area contributed by atoms with Crippen molar-refractivity contribution in [3.8, 4) is 0 Å². The Morgan fingerprint density at radius 3 is 2.52 bits per heavy atom. The number of carbonyl (C=O) groups excluding carboxylic acids is 3. The lowest BCUT2D eigenvalue weighted by Gasteiger charge is -2.32. The SMILES string of the molecule is Cc1cc(NC(=O)[C@@H]2CCCN(C(=O)c3ccc(Cl)cc3)C2)ccc1N1CCCC1=O. The van der Waals surface area contributed by atoms with Crippen LogP contribution in [0.5, 0.6) is 0 Å². The molecule has 2 fully saturated rings. The first-order valence-electron chi connectivity index (χ1n) is 10.7. The predicted octanol–water partition coefficient (Wildman–Crippen LogP) is 4.27. The van der Waals surface area contributed by atoms with Crippen molar-refractivity contribution in [2.24, 2.45) is 5.92 Å². The highest BCUT2D eigenvalue weighted by Gasteiger charge is 2.29. The summed E-state index contributed by atoms with van der Waals surface area (Å²) >= 11 is 5.91. The zero-order valence-electron chi connectivity index (χ0n) is 17.6. The minimum Gasteiger partial charge on any atom is -0.338 e. The van der Waals surface area contributed by atoms with Gasteiger partial charge in [-0.3, -0.25) is 14.4 Å².